The molecule has 0 aromatic carbocycles. The van der Waals surface area contributed by atoms with Gasteiger partial charge in [-0.25, -0.2) is 13.8 Å². The van der Waals surface area contributed by atoms with Crippen molar-refractivity contribution in [3.05, 3.63) is 30.1 Å². The number of sulfonamides is 1. The summed E-state index contributed by atoms with van der Waals surface area (Å²) in [6.07, 6.45) is 1.56. The fourth-order valence-corrected chi connectivity index (χ4v) is 1.81. The third kappa shape index (κ3) is 3.49. The standard InChI is InChI=1S/C7H11N3O2S/c1-8-10-13(11,12)6-7-4-2-3-5-9-7/h2-5,8,10H,6H2,1H3. The van der Waals surface area contributed by atoms with Crippen molar-refractivity contribution in [2.24, 2.45) is 0 Å². The number of hydrogen-bond acceptors (Lipinski definition) is 4. The van der Waals surface area contributed by atoms with Crippen LogP contribution in [-0.2, 0) is 15.8 Å². The highest BCUT2D eigenvalue weighted by atomic mass is 32.2. The lowest BCUT2D eigenvalue weighted by Crippen LogP contribution is -2.35. The number of hydrazine groups is 1. The van der Waals surface area contributed by atoms with Crippen molar-refractivity contribution in [1.29, 1.82) is 0 Å². The molecule has 0 aliphatic carbocycles. The number of rotatable bonds is 4. The molecule has 5 nitrogen and oxygen atoms in total. The van der Waals surface area contributed by atoms with E-state index < -0.39 is 10.0 Å². The minimum Gasteiger partial charge on any atom is -0.260 e. The van der Waals surface area contributed by atoms with Crippen LogP contribution in [0, 0.1) is 0 Å². The molecule has 0 radical (unpaired) electrons. The second-order valence-electron chi connectivity index (χ2n) is 2.43. The van der Waals surface area contributed by atoms with Gasteiger partial charge in [-0.3, -0.25) is 4.98 Å². The summed E-state index contributed by atoms with van der Waals surface area (Å²) in [5.74, 6) is -0.116. The van der Waals surface area contributed by atoms with Crippen molar-refractivity contribution in [2.45, 2.75) is 5.75 Å². The average Bonchev–Trinajstić information content (AvgIpc) is 2.04. The Morgan fingerprint density at radius 3 is 2.77 bits per heavy atom. The molecule has 0 aliphatic rings. The molecule has 13 heavy (non-hydrogen) atoms. The molecule has 1 aromatic rings. The molecule has 1 aromatic heterocycles. The minimum absolute atomic E-state index is 0.116. The van der Waals surface area contributed by atoms with Crippen LogP contribution in [0.4, 0.5) is 0 Å². The lowest BCUT2D eigenvalue weighted by molar-refractivity contribution is 0.569. The first kappa shape index (κ1) is 10.1. The summed E-state index contributed by atoms with van der Waals surface area (Å²) in [5, 5.41) is 0. The van der Waals surface area contributed by atoms with Gasteiger partial charge in [0, 0.05) is 6.20 Å². The van der Waals surface area contributed by atoms with Crippen LogP contribution < -0.4 is 10.3 Å². The van der Waals surface area contributed by atoms with Crippen molar-refractivity contribution >= 4 is 10.0 Å². The Balaban J connectivity index is 2.70. The van der Waals surface area contributed by atoms with Crippen LogP contribution in [0.5, 0.6) is 0 Å². The van der Waals surface area contributed by atoms with Gasteiger partial charge >= 0.3 is 0 Å². The fourth-order valence-electron chi connectivity index (χ4n) is 0.870. The van der Waals surface area contributed by atoms with Crippen molar-refractivity contribution in [3.8, 4) is 0 Å². The van der Waals surface area contributed by atoms with Crippen LogP contribution in [-0.4, -0.2) is 20.4 Å². The van der Waals surface area contributed by atoms with Gasteiger partial charge in [-0.15, -0.1) is 0 Å². The highest BCUT2D eigenvalue weighted by Crippen LogP contribution is 1.98. The normalized spacial score (nSPS) is 11.5. The Bertz CT molecular complexity index is 349. The monoisotopic (exact) mass is 201 g/mol. The maximum atomic E-state index is 11.2. The molecule has 0 saturated heterocycles. The maximum Gasteiger partial charge on any atom is 0.230 e. The zero-order valence-electron chi connectivity index (χ0n) is 7.19. The molecule has 0 bridgehead atoms. The zero-order chi connectivity index (χ0) is 9.73. The van der Waals surface area contributed by atoms with Gasteiger partial charge in [0.1, 0.15) is 5.75 Å². The minimum atomic E-state index is -3.31. The van der Waals surface area contributed by atoms with Crippen molar-refractivity contribution in [3.63, 3.8) is 0 Å². The van der Waals surface area contributed by atoms with Gasteiger partial charge in [-0.1, -0.05) is 6.07 Å². The molecule has 0 atom stereocenters. The van der Waals surface area contributed by atoms with Gasteiger partial charge < -0.3 is 0 Å². The van der Waals surface area contributed by atoms with Crippen LogP contribution in [0.2, 0.25) is 0 Å². The summed E-state index contributed by atoms with van der Waals surface area (Å²) < 4.78 is 22.4. The van der Waals surface area contributed by atoms with E-state index in [1.54, 1.807) is 24.4 Å². The van der Waals surface area contributed by atoms with E-state index in [1.165, 1.54) is 7.05 Å². The first-order valence-corrected chi connectivity index (χ1v) is 5.35. The second-order valence-corrected chi connectivity index (χ2v) is 4.15. The van der Waals surface area contributed by atoms with Crippen molar-refractivity contribution in [1.82, 2.24) is 15.2 Å². The maximum absolute atomic E-state index is 11.2. The Hall–Kier alpha value is -0.980. The Kier molecular flexibility index (Phi) is 3.35. The summed E-state index contributed by atoms with van der Waals surface area (Å²) in [5.41, 5.74) is 2.88. The molecule has 72 valence electrons. The van der Waals surface area contributed by atoms with Gasteiger partial charge in [0.05, 0.1) is 5.69 Å². The third-order valence-electron chi connectivity index (χ3n) is 1.32. The highest BCUT2D eigenvalue weighted by Gasteiger charge is 2.09. The van der Waals surface area contributed by atoms with E-state index in [2.05, 4.69) is 15.2 Å². The first-order valence-electron chi connectivity index (χ1n) is 3.70. The Morgan fingerprint density at radius 2 is 2.23 bits per heavy atom. The quantitative estimate of drug-likeness (QED) is 0.652. The summed E-state index contributed by atoms with van der Waals surface area (Å²) in [7, 11) is -1.81. The van der Waals surface area contributed by atoms with Gasteiger partial charge in [-0.05, 0) is 19.2 Å². The summed E-state index contributed by atoms with van der Waals surface area (Å²) in [6, 6.07) is 5.15. The molecule has 0 saturated carbocycles. The molecule has 0 amide bonds. The lowest BCUT2D eigenvalue weighted by atomic mass is 10.4. The molecular weight excluding hydrogens is 190 g/mol. The molecule has 0 aliphatic heterocycles. The smallest absolute Gasteiger partial charge is 0.230 e. The third-order valence-corrected chi connectivity index (χ3v) is 2.51. The highest BCUT2D eigenvalue weighted by molar-refractivity contribution is 7.88. The molecule has 6 heteroatoms. The van der Waals surface area contributed by atoms with Gasteiger partial charge in [0.15, 0.2) is 0 Å². The van der Waals surface area contributed by atoms with Crippen LogP contribution in [0.25, 0.3) is 0 Å². The average molecular weight is 201 g/mol. The fraction of sp³-hybridized carbons (Fsp3) is 0.286. The van der Waals surface area contributed by atoms with E-state index in [0.29, 0.717) is 5.69 Å². The van der Waals surface area contributed by atoms with Crippen LogP contribution >= 0.6 is 0 Å². The summed E-state index contributed by atoms with van der Waals surface area (Å²) >= 11 is 0. The van der Waals surface area contributed by atoms with E-state index >= 15 is 0 Å². The molecular formula is C7H11N3O2S. The van der Waals surface area contributed by atoms with Gasteiger partial charge in [0.2, 0.25) is 10.0 Å². The zero-order valence-corrected chi connectivity index (χ0v) is 8.00. The van der Waals surface area contributed by atoms with Gasteiger partial charge in [-0.2, -0.15) is 4.83 Å². The molecule has 2 N–H and O–H groups in total. The molecule has 1 heterocycles. The lowest BCUT2D eigenvalue weighted by Gasteiger charge is -2.03. The topological polar surface area (TPSA) is 71.1 Å². The molecule has 0 fully saturated rings. The number of nitrogens with one attached hydrogen (secondary N) is 2. The second kappa shape index (κ2) is 4.31. The predicted molar refractivity (Wildman–Crippen MR) is 49.1 cm³/mol. The summed E-state index contributed by atoms with van der Waals surface area (Å²) in [4.78, 5) is 6.05. The number of pyridine rings is 1. The van der Waals surface area contributed by atoms with E-state index in [9.17, 15) is 8.42 Å². The SMILES string of the molecule is CNNS(=O)(=O)Cc1ccccn1. The van der Waals surface area contributed by atoms with Crippen molar-refractivity contribution < 1.29 is 8.42 Å². The molecule has 0 spiro atoms. The summed E-state index contributed by atoms with van der Waals surface area (Å²) in [6.45, 7) is 0. The number of nitrogens with zero attached hydrogens (tertiary/aromatic N) is 1. The number of hydrogen-bond donors (Lipinski definition) is 2. The Morgan fingerprint density at radius 1 is 1.46 bits per heavy atom. The van der Waals surface area contributed by atoms with E-state index in [1.807, 2.05) is 0 Å². The van der Waals surface area contributed by atoms with Crippen molar-refractivity contribution in [2.75, 3.05) is 7.05 Å². The van der Waals surface area contributed by atoms with Gasteiger partial charge in [0.25, 0.3) is 0 Å². The largest absolute Gasteiger partial charge is 0.260 e. The first-order chi connectivity index (χ1) is 6.14. The van der Waals surface area contributed by atoms with E-state index in [0.717, 1.165) is 0 Å². The van der Waals surface area contributed by atoms with E-state index in [4.69, 9.17) is 0 Å². The molecule has 1 rings (SSSR count). The van der Waals surface area contributed by atoms with Crippen LogP contribution in [0.1, 0.15) is 5.69 Å². The van der Waals surface area contributed by atoms with Crippen LogP contribution in [0.3, 0.4) is 0 Å². The predicted octanol–water partition coefficient (Wildman–Crippen LogP) is -0.365. The Labute approximate surface area is 77.2 Å². The molecule has 0 unspecified atom stereocenters. The van der Waals surface area contributed by atoms with E-state index in [-0.39, 0.29) is 5.75 Å². The van der Waals surface area contributed by atoms with Crippen LogP contribution in [0.15, 0.2) is 24.4 Å². The number of aromatic nitrogens is 1.